The van der Waals surface area contributed by atoms with Crippen molar-refractivity contribution in [3.8, 4) is 0 Å². The van der Waals surface area contributed by atoms with Gasteiger partial charge in [0.05, 0.1) is 18.8 Å². The number of primary amides is 2. The van der Waals surface area contributed by atoms with E-state index in [0.717, 1.165) is 0 Å². The van der Waals surface area contributed by atoms with Crippen molar-refractivity contribution in [2.75, 3.05) is 31.6 Å². The van der Waals surface area contributed by atoms with Crippen LogP contribution in [0.3, 0.4) is 0 Å². The molecule has 0 aliphatic rings. The van der Waals surface area contributed by atoms with Crippen molar-refractivity contribution in [2.45, 2.75) is 230 Å². The van der Waals surface area contributed by atoms with Gasteiger partial charge in [-0.1, -0.05) is 71.9 Å². The molecule has 13 atom stereocenters. The molecule has 0 fully saturated rings. The number of aliphatic carboxylic acids is 1. The SMILES string of the molecule is CSCC[C@H](NC(=O)[C@H](C)NC(=O)[C@H](CC(N)=O)NC(=O)[C@H](CCC(N)=O)NC(=O)[C@H](Cc1ccccc1)NC(=O)[C@H](CC(C)C)NC(=O)[C@@H](N)CCCN=C(N)N)C(=O)N[C@@H](CC(C)C)C(=O)N[C@@H](CCCN=C(N)N)C(=O)N[C@@H](C)C(=O)N[C@@H](Cc1cnc[nH]1)C(=O)N[C@@H](CCCN=C(N)N)C(=O)N[C@@H](CC(C)C)C(=O)O. The van der Waals surface area contributed by atoms with Crippen LogP contribution in [-0.2, 0) is 84.8 Å². The number of carbonyl (C=O) groups is 15. The van der Waals surface area contributed by atoms with E-state index in [1.54, 1.807) is 78.1 Å². The molecule has 114 heavy (non-hydrogen) atoms. The van der Waals surface area contributed by atoms with Crippen LogP contribution in [0.15, 0.2) is 57.8 Å². The number of aromatic amines is 1. The van der Waals surface area contributed by atoms with Crippen LogP contribution in [0, 0.1) is 17.8 Å². The smallest absolute Gasteiger partial charge is 0.326 e. The van der Waals surface area contributed by atoms with Gasteiger partial charge >= 0.3 is 5.97 Å². The lowest BCUT2D eigenvalue weighted by Crippen LogP contribution is -2.61. The Kier molecular flexibility index (Phi) is 45.0. The zero-order valence-electron chi connectivity index (χ0n) is 66.2. The van der Waals surface area contributed by atoms with Gasteiger partial charge in [-0.15, -0.1) is 0 Å². The van der Waals surface area contributed by atoms with Crippen molar-refractivity contribution in [3.63, 3.8) is 0 Å². The molecule has 43 heteroatoms. The summed E-state index contributed by atoms with van der Waals surface area (Å²) in [4.78, 5) is 225. The third-order valence-corrected chi connectivity index (χ3v) is 17.7. The molecule has 32 N–H and O–H groups in total. The van der Waals surface area contributed by atoms with E-state index in [1.807, 2.05) is 0 Å². The number of aromatic nitrogens is 2. The number of nitrogens with one attached hydrogen (secondary N) is 13. The summed E-state index contributed by atoms with van der Waals surface area (Å²) in [5.74, 6) is -15.4. The summed E-state index contributed by atoms with van der Waals surface area (Å²) in [7, 11) is 0. The lowest BCUT2D eigenvalue weighted by atomic mass is 10.00. The fourth-order valence-corrected chi connectivity index (χ4v) is 11.7. The monoisotopic (exact) mass is 1620 g/mol. The molecule has 1 aromatic heterocycles. The van der Waals surface area contributed by atoms with Crippen LogP contribution >= 0.6 is 11.8 Å². The highest BCUT2D eigenvalue weighted by Crippen LogP contribution is 2.15. The number of hydrogen-bond donors (Lipinski definition) is 23. The fraction of sp³-hybridized carbons (Fsp3) is 0.620. The Labute approximate surface area is 666 Å². The Morgan fingerprint density at radius 1 is 0.412 bits per heavy atom. The Bertz CT molecular complexity index is 3590. The first kappa shape index (κ1) is 98.7. The molecule has 2 aromatic rings. The Hall–Kier alpha value is -11.4. The molecular weight excluding hydrogens is 1510 g/mol. The molecule has 0 aliphatic heterocycles. The van der Waals surface area contributed by atoms with E-state index >= 15 is 0 Å². The average molecular weight is 1630 g/mol. The Morgan fingerprint density at radius 3 is 1.18 bits per heavy atom. The van der Waals surface area contributed by atoms with E-state index in [0.29, 0.717) is 17.7 Å². The average Bonchev–Trinajstić information content (AvgIpc) is 1.00. The first-order chi connectivity index (χ1) is 53.6. The third kappa shape index (κ3) is 40.2. The number of guanidine groups is 3. The number of thioether (sulfide) groups is 1. The number of aliphatic imine (C=N–C) groups is 3. The van der Waals surface area contributed by atoms with Crippen molar-refractivity contribution in [1.29, 1.82) is 0 Å². The summed E-state index contributed by atoms with van der Waals surface area (Å²) in [6.07, 6.45) is 2.66. The molecule has 0 radical (unpaired) electrons. The van der Waals surface area contributed by atoms with E-state index in [-0.39, 0.29) is 132 Å². The largest absolute Gasteiger partial charge is 0.480 e. The van der Waals surface area contributed by atoms with Crippen LogP contribution in [0.5, 0.6) is 0 Å². The number of rotatable bonds is 55. The molecule has 42 nitrogen and oxygen atoms in total. The molecule has 0 saturated heterocycles. The number of amides is 14. The quantitative estimate of drug-likeness (QED) is 0.0166. The van der Waals surface area contributed by atoms with Crippen molar-refractivity contribution in [2.24, 2.45) is 84.3 Å². The van der Waals surface area contributed by atoms with Gasteiger partial charge in [0.2, 0.25) is 82.7 Å². The van der Waals surface area contributed by atoms with Gasteiger partial charge in [0.15, 0.2) is 17.9 Å². The molecule has 0 saturated carbocycles. The van der Waals surface area contributed by atoms with Gasteiger partial charge in [0.1, 0.15) is 72.5 Å². The molecule has 0 bridgehead atoms. The summed E-state index contributed by atoms with van der Waals surface area (Å²) in [5, 5.41) is 40.6. The minimum absolute atomic E-state index is 0.0277. The number of carboxylic acids is 1. The van der Waals surface area contributed by atoms with Crippen molar-refractivity contribution >= 4 is 118 Å². The van der Waals surface area contributed by atoms with Gasteiger partial charge in [0.25, 0.3) is 0 Å². The molecule has 0 unspecified atom stereocenters. The molecule has 14 amide bonds. The number of imidazole rings is 1. The number of nitrogens with zero attached hydrogens (tertiary/aromatic N) is 4. The van der Waals surface area contributed by atoms with Crippen molar-refractivity contribution in [1.82, 2.24) is 73.8 Å². The normalized spacial score (nSPS) is 14.5. The summed E-state index contributed by atoms with van der Waals surface area (Å²) in [6.45, 7) is 13.3. The van der Waals surface area contributed by atoms with Gasteiger partial charge in [-0.25, -0.2) is 9.78 Å². The minimum Gasteiger partial charge on any atom is -0.480 e. The molecular formula is C71H120N26O16S. The number of hydrogen-bond acceptors (Lipinski definition) is 21. The van der Waals surface area contributed by atoms with E-state index in [9.17, 15) is 77.0 Å². The Balaban J connectivity index is 2.46. The van der Waals surface area contributed by atoms with Crippen molar-refractivity contribution < 1.29 is 77.0 Å². The topological polar surface area (TPSA) is 721 Å². The Morgan fingerprint density at radius 2 is 0.763 bits per heavy atom. The molecule has 1 heterocycles. The lowest BCUT2D eigenvalue weighted by molar-refractivity contribution is -0.143. The van der Waals surface area contributed by atoms with Gasteiger partial charge in [-0.3, -0.25) is 82.1 Å². The van der Waals surface area contributed by atoms with Crippen LogP contribution < -0.4 is 115 Å². The second kappa shape index (κ2) is 52.0. The summed E-state index contributed by atoms with van der Waals surface area (Å²) < 4.78 is 0. The zero-order chi connectivity index (χ0) is 85.9. The summed E-state index contributed by atoms with van der Waals surface area (Å²) in [5.41, 5.74) is 51.0. The predicted octanol–water partition coefficient (Wildman–Crippen LogP) is -6.34. The highest BCUT2D eigenvalue weighted by Gasteiger charge is 2.38. The zero-order valence-corrected chi connectivity index (χ0v) is 67.0. The maximum absolute atomic E-state index is 14.5. The number of benzene rings is 1. The first-order valence-electron chi connectivity index (χ1n) is 37.5. The maximum Gasteiger partial charge on any atom is 0.326 e. The second-order valence-electron chi connectivity index (χ2n) is 28.7. The highest BCUT2D eigenvalue weighted by atomic mass is 32.2. The fourth-order valence-electron chi connectivity index (χ4n) is 11.2. The van der Waals surface area contributed by atoms with Gasteiger partial charge in [0, 0.05) is 50.8 Å². The van der Waals surface area contributed by atoms with Gasteiger partial charge < -0.3 is 125 Å². The molecule has 0 spiro atoms. The summed E-state index contributed by atoms with van der Waals surface area (Å²) >= 11 is 1.29. The third-order valence-electron chi connectivity index (χ3n) is 17.1. The highest BCUT2D eigenvalue weighted by molar-refractivity contribution is 7.98. The molecule has 636 valence electrons. The predicted molar refractivity (Wildman–Crippen MR) is 426 cm³/mol. The molecule has 2 rings (SSSR count). The summed E-state index contributed by atoms with van der Waals surface area (Å²) in [6, 6.07) is -10.3. The standard InChI is InChI=1S/C71H120N26O16S/c1-36(2)28-48(93-58(102)43(72)18-13-24-82-69(75)76)65(109)95-50(31-41-16-11-10-12-17-41)66(110)91-46(21-22-54(73)98)61(105)96-52(33-55(74)99)63(107)87-39(7)56(100)88-47(23-27-114-9)62(106)94-49(29-37(3)4)64(108)89-44(19-14-25-83-70(77)78)59(103)86-40(8)57(101)92-51(32-42-34-81-35-85-42)67(111)90-45(20-15-26-84-71(79)80)60(104)97-53(68(112)113)30-38(5)6/h10-12,16-17,34-40,43-53H,13-15,18-33,72H2,1-9H3,(H2,73,98)(H2,74,99)(H,81,85)(H,86,103)(H,87,107)(H,88,100)(H,89,108)(H,90,111)(H,91,110)(H,92,101)(H,93,102)(H,94,106)(H,95,109)(H,96,105)(H,97,104)(H,112,113)(H4,75,76,82)(H4,77,78,83)(H4,79,80,84)/t39-,40-,43-,44-,45-,46-,47-,48-,49-,50-,51-,52-,53-/m0/s1. The maximum atomic E-state index is 14.5. The van der Waals surface area contributed by atoms with Crippen LogP contribution in [0.2, 0.25) is 0 Å². The van der Waals surface area contributed by atoms with Crippen molar-refractivity contribution in [3.05, 3.63) is 54.1 Å². The van der Waals surface area contributed by atoms with Crippen LogP contribution in [0.25, 0.3) is 0 Å². The van der Waals surface area contributed by atoms with E-state index in [1.165, 1.54) is 38.1 Å². The van der Waals surface area contributed by atoms with Crippen LogP contribution in [0.4, 0.5) is 0 Å². The number of carboxylic acid groups (broad SMARTS) is 1. The number of nitrogens with two attached hydrogens (primary N) is 9. The number of H-pyrrole nitrogens is 1. The first-order valence-corrected chi connectivity index (χ1v) is 38.9. The second-order valence-corrected chi connectivity index (χ2v) is 29.7. The van der Waals surface area contributed by atoms with Gasteiger partial charge in [-0.05, 0) is 120 Å². The van der Waals surface area contributed by atoms with E-state index < -0.39 is 186 Å². The number of carbonyl (C=O) groups excluding carboxylic acids is 14. The lowest BCUT2D eigenvalue weighted by Gasteiger charge is -2.28. The van der Waals surface area contributed by atoms with Gasteiger partial charge in [-0.2, -0.15) is 11.8 Å². The molecule has 0 aliphatic carbocycles. The van der Waals surface area contributed by atoms with E-state index in [4.69, 9.17) is 51.6 Å². The molecule has 1 aromatic carbocycles. The van der Waals surface area contributed by atoms with Crippen LogP contribution in [0.1, 0.15) is 150 Å². The van der Waals surface area contributed by atoms with Crippen LogP contribution in [-0.4, -0.2) is 232 Å². The van der Waals surface area contributed by atoms with E-state index in [2.05, 4.69) is 88.7 Å². The minimum atomic E-state index is -1.86.